The second-order valence-electron chi connectivity index (χ2n) is 6.69. The lowest BCUT2D eigenvalue weighted by atomic mass is 9.95. The van der Waals surface area contributed by atoms with Crippen LogP contribution in [0.2, 0.25) is 0 Å². The average Bonchev–Trinajstić information content (AvgIpc) is 2.59. The van der Waals surface area contributed by atoms with Gasteiger partial charge in [0.1, 0.15) is 0 Å². The molecule has 6 heteroatoms. The van der Waals surface area contributed by atoms with Crippen LogP contribution in [0, 0.1) is 0 Å². The molecule has 0 spiro atoms. The Kier molecular flexibility index (Phi) is 7.75. The number of carbonyl (C=O) groups is 2. The van der Waals surface area contributed by atoms with Gasteiger partial charge in [-0.1, -0.05) is 32.1 Å². The fraction of sp³-hybridized carbons (Fsp3) is 0.600. The van der Waals surface area contributed by atoms with Crippen LogP contribution in [0.3, 0.4) is 0 Å². The van der Waals surface area contributed by atoms with Crippen LogP contribution in [-0.2, 0) is 4.79 Å². The summed E-state index contributed by atoms with van der Waals surface area (Å²) in [6, 6.07) is 5.18. The molecule has 1 amide bonds. The van der Waals surface area contributed by atoms with E-state index in [4.69, 9.17) is 14.6 Å². The molecular weight excluding hydrogens is 334 g/mol. The van der Waals surface area contributed by atoms with Crippen LogP contribution in [0.15, 0.2) is 18.2 Å². The van der Waals surface area contributed by atoms with E-state index in [9.17, 15) is 9.59 Å². The van der Waals surface area contributed by atoms with Gasteiger partial charge in [0.15, 0.2) is 18.1 Å². The first-order chi connectivity index (χ1) is 12.5. The van der Waals surface area contributed by atoms with Gasteiger partial charge in [0, 0.05) is 18.7 Å². The summed E-state index contributed by atoms with van der Waals surface area (Å²) >= 11 is 0. The first-order valence-electron chi connectivity index (χ1n) is 9.41. The summed E-state index contributed by atoms with van der Waals surface area (Å²) in [6.45, 7) is 1.78. The second kappa shape index (κ2) is 10.0. The lowest BCUT2D eigenvalue weighted by Gasteiger charge is -2.30. The molecule has 1 fully saturated rings. The highest BCUT2D eigenvalue weighted by atomic mass is 16.5. The van der Waals surface area contributed by atoms with Crippen LogP contribution in [0.25, 0.3) is 0 Å². The summed E-state index contributed by atoms with van der Waals surface area (Å²) in [4.78, 5) is 25.5. The second-order valence-corrected chi connectivity index (χ2v) is 6.69. The average molecular weight is 363 g/mol. The molecule has 144 valence electrons. The van der Waals surface area contributed by atoms with Crippen molar-refractivity contribution < 1.29 is 24.2 Å². The zero-order valence-electron chi connectivity index (χ0n) is 15.7. The van der Waals surface area contributed by atoms with Gasteiger partial charge in [-0.15, -0.1) is 0 Å². The van der Waals surface area contributed by atoms with Crippen molar-refractivity contribution in [1.29, 1.82) is 0 Å². The van der Waals surface area contributed by atoms with Gasteiger partial charge in [0.2, 0.25) is 0 Å². The quantitative estimate of drug-likeness (QED) is 0.799. The molecule has 0 bridgehead atoms. The Balaban J connectivity index is 2.13. The first kappa shape index (κ1) is 20.1. The number of hydrogen-bond donors (Lipinski definition) is 1. The lowest BCUT2D eigenvalue weighted by Crippen LogP contribution is -2.37. The fourth-order valence-electron chi connectivity index (χ4n) is 3.36. The minimum atomic E-state index is -1.06. The topological polar surface area (TPSA) is 76.1 Å². The number of hydrogen-bond acceptors (Lipinski definition) is 4. The predicted octanol–water partition coefficient (Wildman–Crippen LogP) is 3.73. The summed E-state index contributed by atoms with van der Waals surface area (Å²) in [7, 11) is 1.86. The highest BCUT2D eigenvalue weighted by Gasteiger charge is 2.23. The molecule has 0 heterocycles. The monoisotopic (exact) mass is 363 g/mol. The van der Waals surface area contributed by atoms with E-state index in [0.717, 1.165) is 25.7 Å². The van der Waals surface area contributed by atoms with Crippen molar-refractivity contribution in [3.05, 3.63) is 23.8 Å². The van der Waals surface area contributed by atoms with Gasteiger partial charge < -0.3 is 19.5 Å². The van der Waals surface area contributed by atoms with Crippen molar-refractivity contribution in [2.75, 3.05) is 20.3 Å². The van der Waals surface area contributed by atoms with Crippen molar-refractivity contribution >= 4 is 11.9 Å². The Morgan fingerprint density at radius 3 is 2.35 bits per heavy atom. The number of rotatable bonds is 7. The van der Waals surface area contributed by atoms with Crippen LogP contribution in [-0.4, -0.2) is 48.2 Å². The molecule has 0 aromatic heterocycles. The Labute approximate surface area is 155 Å². The van der Waals surface area contributed by atoms with E-state index < -0.39 is 12.6 Å². The van der Waals surface area contributed by atoms with E-state index in [1.165, 1.54) is 19.3 Å². The Morgan fingerprint density at radius 1 is 1.08 bits per heavy atom. The van der Waals surface area contributed by atoms with E-state index in [0.29, 0.717) is 23.7 Å². The molecular formula is C20H29NO5. The molecule has 0 radical (unpaired) electrons. The SMILES string of the molecule is CCOc1cc(C(=O)N(C)C2CCCCCCC2)ccc1OCC(=O)O. The molecule has 1 aliphatic carbocycles. The summed E-state index contributed by atoms with van der Waals surface area (Å²) in [6.07, 6.45) is 8.18. The van der Waals surface area contributed by atoms with Gasteiger partial charge in [-0.2, -0.15) is 0 Å². The number of aliphatic carboxylic acids is 1. The van der Waals surface area contributed by atoms with Gasteiger partial charge in [-0.25, -0.2) is 4.79 Å². The number of nitrogens with zero attached hydrogens (tertiary/aromatic N) is 1. The Hall–Kier alpha value is -2.24. The van der Waals surface area contributed by atoms with Gasteiger partial charge in [0.05, 0.1) is 6.61 Å². The van der Waals surface area contributed by atoms with Gasteiger partial charge in [-0.3, -0.25) is 4.79 Å². The van der Waals surface area contributed by atoms with Crippen molar-refractivity contribution in [1.82, 2.24) is 4.90 Å². The summed E-state index contributed by atoms with van der Waals surface area (Å²) < 4.78 is 10.8. The molecule has 6 nitrogen and oxygen atoms in total. The van der Waals surface area contributed by atoms with E-state index >= 15 is 0 Å². The maximum atomic E-state index is 12.9. The summed E-state index contributed by atoms with van der Waals surface area (Å²) in [5, 5.41) is 8.77. The fourth-order valence-corrected chi connectivity index (χ4v) is 3.36. The van der Waals surface area contributed by atoms with Crippen molar-refractivity contribution in [2.45, 2.75) is 57.9 Å². The number of amides is 1. The standard InChI is InChI=1S/C20H29NO5/c1-3-25-18-13-15(11-12-17(18)26-14-19(22)23)20(24)21(2)16-9-7-5-4-6-8-10-16/h11-13,16H,3-10,14H2,1-2H3,(H,22,23). The van der Waals surface area contributed by atoms with Gasteiger partial charge in [0.25, 0.3) is 5.91 Å². The van der Waals surface area contributed by atoms with Crippen LogP contribution in [0.1, 0.15) is 62.2 Å². The first-order valence-corrected chi connectivity index (χ1v) is 9.41. The minimum absolute atomic E-state index is 0.0405. The Bertz CT molecular complexity index is 608. The zero-order chi connectivity index (χ0) is 18.9. The number of carbonyl (C=O) groups excluding carboxylic acids is 1. The van der Waals surface area contributed by atoms with Crippen LogP contribution >= 0.6 is 0 Å². The predicted molar refractivity (Wildman–Crippen MR) is 98.9 cm³/mol. The third-order valence-electron chi connectivity index (χ3n) is 4.78. The number of carboxylic acids is 1. The number of benzene rings is 1. The van der Waals surface area contributed by atoms with Crippen molar-refractivity contribution in [3.8, 4) is 11.5 Å². The molecule has 1 aromatic rings. The highest BCUT2D eigenvalue weighted by Crippen LogP contribution is 2.30. The molecule has 1 aliphatic rings. The molecule has 0 saturated heterocycles. The largest absolute Gasteiger partial charge is 0.490 e. The van der Waals surface area contributed by atoms with Gasteiger partial charge >= 0.3 is 5.97 Å². The smallest absolute Gasteiger partial charge is 0.341 e. The zero-order valence-corrected chi connectivity index (χ0v) is 15.7. The molecule has 0 unspecified atom stereocenters. The molecule has 0 atom stereocenters. The third kappa shape index (κ3) is 5.64. The highest BCUT2D eigenvalue weighted by molar-refractivity contribution is 5.95. The number of ether oxygens (including phenoxy) is 2. The summed E-state index contributed by atoms with van der Waals surface area (Å²) in [5.41, 5.74) is 0.528. The molecule has 1 saturated carbocycles. The number of carboxylic acid groups (broad SMARTS) is 1. The van der Waals surface area contributed by atoms with Gasteiger partial charge in [-0.05, 0) is 38.0 Å². The minimum Gasteiger partial charge on any atom is -0.490 e. The van der Waals surface area contributed by atoms with E-state index in [-0.39, 0.29) is 11.9 Å². The molecule has 1 N–H and O–H groups in total. The molecule has 26 heavy (non-hydrogen) atoms. The maximum absolute atomic E-state index is 12.9. The molecule has 0 aliphatic heterocycles. The van der Waals surface area contributed by atoms with Crippen LogP contribution in [0.5, 0.6) is 11.5 Å². The normalized spacial score (nSPS) is 15.6. The lowest BCUT2D eigenvalue weighted by molar-refractivity contribution is -0.139. The Morgan fingerprint density at radius 2 is 1.73 bits per heavy atom. The third-order valence-corrected chi connectivity index (χ3v) is 4.78. The van der Waals surface area contributed by atoms with E-state index in [2.05, 4.69) is 0 Å². The maximum Gasteiger partial charge on any atom is 0.341 e. The van der Waals surface area contributed by atoms with Crippen LogP contribution < -0.4 is 9.47 Å². The molecule has 1 aromatic carbocycles. The van der Waals surface area contributed by atoms with Crippen molar-refractivity contribution in [3.63, 3.8) is 0 Å². The van der Waals surface area contributed by atoms with E-state index in [1.54, 1.807) is 18.2 Å². The van der Waals surface area contributed by atoms with Crippen LogP contribution in [0.4, 0.5) is 0 Å². The summed E-state index contributed by atoms with van der Waals surface area (Å²) in [5.74, 6) is -0.372. The van der Waals surface area contributed by atoms with Crippen molar-refractivity contribution in [2.24, 2.45) is 0 Å². The molecule has 2 rings (SSSR count). The van der Waals surface area contributed by atoms with E-state index in [1.807, 2.05) is 18.9 Å².